The smallest absolute Gasteiger partial charge is 0.416 e. The molecule has 1 saturated carbocycles. The van der Waals surface area contributed by atoms with Crippen LogP contribution in [0.4, 0.5) is 4.79 Å². The van der Waals surface area contributed by atoms with Crippen molar-refractivity contribution >= 4 is 12.0 Å². The number of aliphatic hydroxyl groups is 1. The minimum atomic E-state index is -1.00. The van der Waals surface area contributed by atoms with Gasteiger partial charge < -0.3 is 9.84 Å². The molecule has 5 heteroatoms. The number of carbonyl (C=O) groups excluding carboxylic acids is 2. The fraction of sp³-hybridized carbons (Fsp3) is 0.579. The van der Waals surface area contributed by atoms with Gasteiger partial charge in [-0.15, -0.1) is 0 Å². The van der Waals surface area contributed by atoms with Crippen LogP contribution >= 0.6 is 0 Å². The SMILES string of the molecule is C[C@@H](C(=O)N1C(=O)OC[C@@H]1Cc1ccccc1)C1(O)CCCCC1. The number of carbonyl (C=O) groups is 2. The van der Waals surface area contributed by atoms with E-state index in [1.54, 1.807) is 6.92 Å². The summed E-state index contributed by atoms with van der Waals surface area (Å²) in [6.07, 6.45) is 4.15. The number of hydrogen-bond acceptors (Lipinski definition) is 4. The number of ether oxygens (including phenoxy) is 1. The summed E-state index contributed by atoms with van der Waals surface area (Å²) >= 11 is 0. The van der Waals surface area contributed by atoms with Crippen LogP contribution in [0, 0.1) is 5.92 Å². The molecule has 1 aliphatic carbocycles. The van der Waals surface area contributed by atoms with Gasteiger partial charge in [-0.05, 0) is 24.8 Å². The topological polar surface area (TPSA) is 66.8 Å². The number of imide groups is 1. The van der Waals surface area contributed by atoms with E-state index in [0.29, 0.717) is 19.3 Å². The van der Waals surface area contributed by atoms with Gasteiger partial charge >= 0.3 is 6.09 Å². The normalized spacial score (nSPS) is 24.5. The summed E-state index contributed by atoms with van der Waals surface area (Å²) in [5.41, 5.74) is 0.0535. The fourth-order valence-corrected chi connectivity index (χ4v) is 3.80. The molecule has 0 bridgehead atoms. The van der Waals surface area contributed by atoms with Gasteiger partial charge in [0.15, 0.2) is 0 Å². The molecule has 2 aliphatic rings. The van der Waals surface area contributed by atoms with Gasteiger partial charge in [-0.2, -0.15) is 0 Å². The molecule has 0 spiro atoms. The predicted octanol–water partition coefficient (Wildman–Crippen LogP) is 2.91. The lowest BCUT2D eigenvalue weighted by molar-refractivity contribution is -0.144. The van der Waals surface area contributed by atoms with Crippen molar-refractivity contribution in [3.05, 3.63) is 35.9 Å². The Morgan fingerprint density at radius 3 is 2.62 bits per heavy atom. The molecule has 1 saturated heterocycles. The number of rotatable bonds is 4. The van der Waals surface area contributed by atoms with Crippen LogP contribution in [0.25, 0.3) is 0 Å². The second-order valence-corrected chi connectivity index (χ2v) is 7.01. The van der Waals surface area contributed by atoms with E-state index in [0.717, 1.165) is 24.8 Å². The molecule has 2 amide bonds. The Balaban J connectivity index is 1.74. The maximum absolute atomic E-state index is 12.9. The van der Waals surface area contributed by atoms with E-state index in [1.807, 2.05) is 30.3 Å². The molecule has 1 aromatic carbocycles. The van der Waals surface area contributed by atoms with Gasteiger partial charge in [0, 0.05) is 0 Å². The zero-order chi connectivity index (χ0) is 17.2. The van der Waals surface area contributed by atoms with Crippen molar-refractivity contribution in [1.29, 1.82) is 0 Å². The maximum atomic E-state index is 12.9. The van der Waals surface area contributed by atoms with E-state index in [2.05, 4.69) is 0 Å². The molecule has 0 aromatic heterocycles. The molecule has 1 heterocycles. The largest absolute Gasteiger partial charge is 0.447 e. The van der Waals surface area contributed by atoms with Gasteiger partial charge in [-0.3, -0.25) is 4.79 Å². The summed E-state index contributed by atoms with van der Waals surface area (Å²) in [7, 11) is 0. The van der Waals surface area contributed by atoms with Crippen molar-refractivity contribution in [2.24, 2.45) is 5.92 Å². The first-order chi connectivity index (χ1) is 11.5. The third kappa shape index (κ3) is 3.31. The van der Waals surface area contributed by atoms with Crippen LogP contribution in [0.1, 0.15) is 44.6 Å². The standard InChI is InChI=1S/C19H25NO4/c1-14(19(23)10-6-3-7-11-19)17(21)20-16(13-24-18(20)22)12-15-8-4-2-5-9-15/h2,4-5,8-9,14,16,23H,3,6-7,10-13H2,1H3/t14-,16-/m0/s1. The highest BCUT2D eigenvalue weighted by molar-refractivity contribution is 5.95. The van der Waals surface area contributed by atoms with Crippen molar-refractivity contribution in [1.82, 2.24) is 4.90 Å². The Labute approximate surface area is 142 Å². The van der Waals surface area contributed by atoms with Gasteiger partial charge in [-0.1, -0.05) is 56.5 Å². The summed E-state index contributed by atoms with van der Waals surface area (Å²) in [6, 6.07) is 9.46. The van der Waals surface area contributed by atoms with E-state index in [9.17, 15) is 14.7 Å². The van der Waals surface area contributed by atoms with Crippen LogP contribution in [-0.4, -0.2) is 40.3 Å². The number of hydrogen-bond donors (Lipinski definition) is 1. The zero-order valence-electron chi connectivity index (χ0n) is 14.1. The van der Waals surface area contributed by atoms with Crippen molar-refractivity contribution < 1.29 is 19.4 Å². The highest BCUT2D eigenvalue weighted by atomic mass is 16.6. The molecule has 1 aliphatic heterocycles. The number of nitrogens with zero attached hydrogens (tertiary/aromatic N) is 1. The number of amides is 2. The van der Waals surface area contributed by atoms with Crippen LogP contribution in [0.5, 0.6) is 0 Å². The summed E-state index contributed by atoms with van der Waals surface area (Å²) in [6.45, 7) is 1.95. The second-order valence-electron chi connectivity index (χ2n) is 7.01. The lowest BCUT2D eigenvalue weighted by Crippen LogP contribution is -2.51. The third-order valence-corrected chi connectivity index (χ3v) is 5.41. The summed E-state index contributed by atoms with van der Waals surface area (Å²) in [4.78, 5) is 26.3. The molecule has 2 atom stereocenters. The van der Waals surface area contributed by atoms with Crippen molar-refractivity contribution in [3.8, 4) is 0 Å². The zero-order valence-corrected chi connectivity index (χ0v) is 14.1. The Morgan fingerprint density at radius 2 is 1.96 bits per heavy atom. The monoisotopic (exact) mass is 331 g/mol. The van der Waals surface area contributed by atoms with E-state index in [4.69, 9.17) is 4.74 Å². The Hall–Kier alpha value is -1.88. The van der Waals surface area contributed by atoms with E-state index in [-0.39, 0.29) is 18.6 Å². The summed E-state index contributed by atoms with van der Waals surface area (Å²) in [5, 5.41) is 10.8. The molecule has 24 heavy (non-hydrogen) atoms. The highest BCUT2D eigenvalue weighted by Crippen LogP contribution is 2.36. The van der Waals surface area contributed by atoms with Gasteiger partial charge in [0.05, 0.1) is 17.6 Å². The first kappa shape index (κ1) is 17.0. The fourth-order valence-electron chi connectivity index (χ4n) is 3.80. The molecular formula is C19H25NO4. The summed E-state index contributed by atoms with van der Waals surface area (Å²) < 4.78 is 5.13. The van der Waals surface area contributed by atoms with Crippen LogP contribution in [0.3, 0.4) is 0 Å². The van der Waals surface area contributed by atoms with Crippen LogP contribution in [0.15, 0.2) is 30.3 Å². The van der Waals surface area contributed by atoms with Gasteiger partial charge in [-0.25, -0.2) is 9.69 Å². The Kier molecular flexibility index (Phi) is 4.90. The molecule has 1 N–H and O–H groups in total. The maximum Gasteiger partial charge on any atom is 0.416 e. The molecule has 130 valence electrons. The lowest BCUT2D eigenvalue weighted by atomic mass is 9.76. The highest BCUT2D eigenvalue weighted by Gasteiger charge is 2.46. The van der Waals surface area contributed by atoms with Gasteiger partial charge in [0.25, 0.3) is 0 Å². The van der Waals surface area contributed by atoms with E-state index >= 15 is 0 Å². The van der Waals surface area contributed by atoms with Crippen molar-refractivity contribution in [2.45, 2.75) is 57.1 Å². The first-order valence-electron chi connectivity index (χ1n) is 8.77. The minimum absolute atomic E-state index is 0.213. The van der Waals surface area contributed by atoms with E-state index in [1.165, 1.54) is 4.90 Å². The quantitative estimate of drug-likeness (QED) is 0.921. The lowest BCUT2D eigenvalue weighted by Gasteiger charge is -2.38. The third-order valence-electron chi connectivity index (χ3n) is 5.41. The van der Waals surface area contributed by atoms with Crippen LogP contribution in [0.2, 0.25) is 0 Å². The molecule has 0 unspecified atom stereocenters. The van der Waals surface area contributed by atoms with Crippen molar-refractivity contribution in [3.63, 3.8) is 0 Å². The Bertz CT molecular complexity index is 595. The molecule has 5 nitrogen and oxygen atoms in total. The first-order valence-corrected chi connectivity index (χ1v) is 8.77. The number of benzene rings is 1. The minimum Gasteiger partial charge on any atom is -0.447 e. The molecule has 3 rings (SSSR count). The molecule has 0 radical (unpaired) electrons. The van der Waals surface area contributed by atoms with Crippen LogP contribution in [-0.2, 0) is 16.0 Å². The second kappa shape index (κ2) is 6.93. The molecule has 2 fully saturated rings. The average Bonchev–Trinajstić information content (AvgIpc) is 2.95. The van der Waals surface area contributed by atoms with Gasteiger partial charge in [0.1, 0.15) is 6.61 Å². The number of cyclic esters (lactones) is 1. The average molecular weight is 331 g/mol. The predicted molar refractivity (Wildman–Crippen MR) is 89.3 cm³/mol. The van der Waals surface area contributed by atoms with Crippen molar-refractivity contribution in [2.75, 3.05) is 6.61 Å². The van der Waals surface area contributed by atoms with Crippen LogP contribution < -0.4 is 0 Å². The van der Waals surface area contributed by atoms with Gasteiger partial charge in [0.2, 0.25) is 5.91 Å². The van der Waals surface area contributed by atoms with E-state index < -0.39 is 17.6 Å². The molecule has 1 aromatic rings. The Morgan fingerprint density at radius 1 is 1.29 bits per heavy atom. The molecular weight excluding hydrogens is 306 g/mol. The summed E-state index contributed by atoms with van der Waals surface area (Å²) in [5.74, 6) is -0.912.